The van der Waals surface area contributed by atoms with E-state index in [0.29, 0.717) is 19.6 Å². The van der Waals surface area contributed by atoms with Crippen molar-refractivity contribution in [3.63, 3.8) is 0 Å². The zero-order valence-corrected chi connectivity index (χ0v) is 13.3. The van der Waals surface area contributed by atoms with Crippen LogP contribution in [0.5, 0.6) is 0 Å². The van der Waals surface area contributed by atoms with Gasteiger partial charge in [0.05, 0.1) is 25.3 Å². The molecule has 1 unspecified atom stereocenters. The van der Waals surface area contributed by atoms with Gasteiger partial charge in [-0.1, -0.05) is 6.58 Å². The Hall–Kier alpha value is 0.340. The van der Waals surface area contributed by atoms with Gasteiger partial charge >= 0.3 is 29.6 Å². The summed E-state index contributed by atoms with van der Waals surface area (Å²) >= 11 is 5.39. The Balaban J connectivity index is -0.000000321. The van der Waals surface area contributed by atoms with Gasteiger partial charge in [-0.25, -0.2) is 0 Å². The van der Waals surface area contributed by atoms with E-state index in [4.69, 9.17) is 36.8 Å². The molecule has 0 aliphatic carbocycles. The number of hydrogen-bond acceptors (Lipinski definition) is 6. The standard InChI is InChI=1S/C7H16ClNO3.C3H4O2.Na/c8-5-7(12)6-9(1-3-10)2-4-11;1-2-3(4)5;/h7,10-12H,1-6H2;2H,1H2,(H,4,5);/q;;+1/p-1. The van der Waals surface area contributed by atoms with Gasteiger partial charge in [-0.2, -0.15) is 0 Å². The van der Waals surface area contributed by atoms with Crippen molar-refractivity contribution in [3.8, 4) is 0 Å². The average Bonchev–Trinajstić information content (AvgIpc) is 2.30. The van der Waals surface area contributed by atoms with Gasteiger partial charge in [0.2, 0.25) is 0 Å². The summed E-state index contributed by atoms with van der Waals surface area (Å²) in [6.45, 7) is 4.24. The van der Waals surface area contributed by atoms with Crippen molar-refractivity contribution in [1.82, 2.24) is 4.90 Å². The molecule has 8 heteroatoms. The predicted octanol–water partition coefficient (Wildman–Crippen LogP) is -5.20. The molecule has 1 atom stereocenters. The minimum atomic E-state index is -1.23. The fraction of sp³-hybridized carbons (Fsp3) is 0.700. The molecule has 0 aromatic heterocycles. The van der Waals surface area contributed by atoms with Crippen LogP contribution in [-0.2, 0) is 4.79 Å². The minimum absolute atomic E-state index is 0. The maximum absolute atomic E-state index is 9.14. The summed E-state index contributed by atoms with van der Waals surface area (Å²) < 4.78 is 0. The van der Waals surface area contributed by atoms with Crippen LogP contribution in [0, 0.1) is 0 Å². The fourth-order valence-electron chi connectivity index (χ4n) is 0.924. The third kappa shape index (κ3) is 18.7. The molecule has 18 heavy (non-hydrogen) atoms. The van der Waals surface area contributed by atoms with E-state index in [0.717, 1.165) is 6.08 Å². The van der Waals surface area contributed by atoms with E-state index in [1.807, 2.05) is 0 Å². The Kier molecular flexibility index (Phi) is 22.6. The normalized spacial score (nSPS) is 10.9. The van der Waals surface area contributed by atoms with Gasteiger partial charge in [0.1, 0.15) is 0 Å². The number of nitrogens with zero attached hydrogens (tertiary/aromatic N) is 1. The van der Waals surface area contributed by atoms with Crippen LogP contribution in [-0.4, -0.2) is 71.0 Å². The Morgan fingerprint density at radius 3 is 2.00 bits per heavy atom. The molecule has 0 bridgehead atoms. The zero-order chi connectivity index (χ0) is 13.7. The summed E-state index contributed by atoms with van der Waals surface area (Å²) in [7, 11) is 0. The number of aliphatic hydroxyl groups is 3. The molecule has 0 aliphatic rings. The second kappa shape index (κ2) is 17.3. The minimum Gasteiger partial charge on any atom is -0.545 e. The molecular weight excluding hydrogens is 273 g/mol. The Morgan fingerprint density at radius 1 is 1.39 bits per heavy atom. The van der Waals surface area contributed by atoms with Crippen LogP contribution in [0.15, 0.2) is 12.7 Å². The third-order valence-electron chi connectivity index (χ3n) is 1.65. The number of rotatable bonds is 8. The molecule has 0 aromatic rings. The molecule has 0 fully saturated rings. The zero-order valence-electron chi connectivity index (χ0n) is 10.6. The molecule has 0 rings (SSSR count). The first-order valence-electron chi connectivity index (χ1n) is 5.03. The molecule has 6 nitrogen and oxygen atoms in total. The third-order valence-corrected chi connectivity index (χ3v) is 2.00. The van der Waals surface area contributed by atoms with E-state index < -0.39 is 12.1 Å². The smallest absolute Gasteiger partial charge is 0.545 e. The van der Waals surface area contributed by atoms with Crippen molar-refractivity contribution in [2.45, 2.75) is 6.10 Å². The SMILES string of the molecule is C=CC(=O)[O-].OCCN(CCO)CC(O)CCl.[Na+]. The topological polar surface area (TPSA) is 104 Å². The predicted molar refractivity (Wildman–Crippen MR) is 62.5 cm³/mol. The summed E-state index contributed by atoms with van der Waals surface area (Å²) in [5, 5.41) is 35.5. The molecule has 0 amide bonds. The first kappa shape index (κ1) is 23.4. The Bertz CT molecular complexity index is 203. The van der Waals surface area contributed by atoms with Crippen molar-refractivity contribution in [2.24, 2.45) is 0 Å². The van der Waals surface area contributed by atoms with Crippen molar-refractivity contribution < 1.29 is 54.8 Å². The fourth-order valence-corrected chi connectivity index (χ4v) is 1.02. The van der Waals surface area contributed by atoms with Gasteiger partial charge in [0.25, 0.3) is 0 Å². The maximum Gasteiger partial charge on any atom is 1.00 e. The summed E-state index contributed by atoms with van der Waals surface area (Å²) in [4.78, 5) is 10.9. The van der Waals surface area contributed by atoms with Crippen molar-refractivity contribution in [3.05, 3.63) is 12.7 Å². The van der Waals surface area contributed by atoms with Gasteiger partial charge in [-0.15, -0.1) is 11.6 Å². The van der Waals surface area contributed by atoms with Crippen LogP contribution >= 0.6 is 11.6 Å². The Labute approximate surface area is 134 Å². The number of aliphatic hydroxyl groups excluding tert-OH is 3. The second-order valence-corrected chi connectivity index (χ2v) is 3.39. The van der Waals surface area contributed by atoms with Crippen molar-refractivity contribution >= 4 is 17.6 Å². The van der Waals surface area contributed by atoms with Crippen LogP contribution in [0.2, 0.25) is 0 Å². The summed E-state index contributed by atoms with van der Waals surface area (Å²) in [6.07, 6.45) is 0.129. The monoisotopic (exact) mass is 291 g/mol. The Morgan fingerprint density at radius 2 is 1.78 bits per heavy atom. The van der Waals surface area contributed by atoms with Crippen molar-refractivity contribution in [2.75, 3.05) is 38.7 Å². The van der Waals surface area contributed by atoms with E-state index in [1.54, 1.807) is 4.90 Å². The number of carboxylic acids is 1. The molecule has 0 heterocycles. The van der Waals surface area contributed by atoms with Crippen LogP contribution in [0.3, 0.4) is 0 Å². The van der Waals surface area contributed by atoms with Crippen LogP contribution in [0.4, 0.5) is 0 Å². The molecule has 3 N–H and O–H groups in total. The van der Waals surface area contributed by atoms with Gasteiger partial charge in [0.15, 0.2) is 0 Å². The summed E-state index contributed by atoms with van der Waals surface area (Å²) in [5.74, 6) is -1.06. The van der Waals surface area contributed by atoms with Gasteiger partial charge in [-0.3, -0.25) is 4.90 Å². The number of aliphatic carboxylic acids is 1. The van der Waals surface area contributed by atoms with E-state index in [-0.39, 0.29) is 48.7 Å². The number of carbonyl (C=O) groups is 1. The molecule has 0 spiro atoms. The number of carbonyl (C=O) groups excluding carboxylic acids is 1. The first-order chi connectivity index (χ1) is 8.01. The largest absolute Gasteiger partial charge is 1.00 e. The molecular formula is C10H19ClNNaO5. The van der Waals surface area contributed by atoms with E-state index >= 15 is 0 Å². The average molecular weight is 292 g/mol. The molecule has 0 aromatic carbocycles. The number of hydrogen-bond donors (Lipinski definition) is 3. The summed E-state index contributed by atoms with van der Waals surface area (Å²) in [5.41, 5.74) is 0. The molecule has 0 saturated carbocycles. The second-order valence-electron chi connectivity index (χ2n) is 3.08. The number of alkyl halides is 1. The van der Waals surface area contributed by atoms with Gasteiger partial charge < -0.3 is 25.2 Å². The number of halogens is 1. The molecule has 102 valence electrons. The molecule has 0 saturated heterocycles. The number of carboxylic acid groups (broad SMARTS) is 1. The van der Waals surface area contributed by atoms with Crippen LogP contribution < -0.4 is 34.7 Å². The van der Waals surface area contributed by atoms with Gasteiger partial charge in [-0.05, 0) is 6.08 Å². The van der Waals surface area contributed by atoms with Crippen LogP contribution in [0.25, 0.3) is 0 Å². The van der Waals surface area contributed by atoms with Gasteiger partial charge in [0, 0.05) is 25.5 Å². The summed E-state index contributed by atoms with van der Waals surface area (Å²) in [6, 6.07) is 0. The maximum atomic E-state index is 9.14. The molecule has 0 aliphatic heterocycles. The van der Waals surface area contributed by atoms with Crippen LogP contribution in [0.1, 0.15) is 0 Å². The van der Waals surface area contributed by atoms with E-state index in [2.05, 4.69) is 6.58 Å². The van der Waals surface area contributed by atoms with E-state index in [1.165, 1.54) is 0 Å². The van der Waals surface area contributed by atoms with E-state index in [9.17, 15) is 0 Å². The van der Waals surface area contributed by atoms with Crippen molar-refractivity contribution in [1.29, 1.82) is 0 Å². The first-order valence-corrected chi connectivity index (χ1v) is 5.56. The quantitative estimate of drug-likeness (QED) is 0.235. The molecule has 0 radical (unpaired) electrons.